The lowest BCUT2D eigenvalue weighted by Crippen LogP contribution is -2.45. The van der Waals surface area contributed by atoms with Gasteiger partial charge in [0.25, 0.3) is 0 Å². The summed E-state index contributed by atoms with van der Waals surface area (Å²) >= 11 is 0. The summed E-state index contributed by atoms with van der Waals surface area (Å²) in [6.45, 7) is 2.55. The molecule has 1 aromatic rings. The Morgan fingerprint density at radius 1 is 1.43 bits per heavy atom. The van der Waals surface area contributed by atoms with Crippen LogP contribution in [-0.2, 0) is 11.3 Å². The third kappa shape index (κ3) is 4.45. The summed E-state index contributed by atoms with van der Waals surface area (Å²) in [6, 6.07) is 4.34. The van der Waals surface area contributed by atoms with Gasteiger partial charge in [-0.25, -0.2) is 9.18 Å². The zero-order chi connectivity index (χ0) is 15.1. The highest BCUT2D eigenvalue weighted by atomic mass is 19.1. The van der Waals surface area contributed by atoms with Gasteiger partial charge in [-0.05, 0) is 18.2 Å². The summed E-state index contributed by atoms with van der Waals surface area (Å²) in [4.78, 5) is 13.6. The molecule has 1 heterocycles. The molecule has 0 atom stereocenters. The van der Waals surface area contributed by atoms with Crippen LogP contribution in [0.5, 0.6) is 0 Å². The molecule has 6 heteroatoms. The summed E-state index contributed by atoms with van der Waals surface area (Å²) in [5.41, 5.74) is 6.39. The van der Waals surface area contributed by atoms with Gasteiger partial charge in [0.15, 0.2) is 0 Å². The number of nitrogens with two attached hydrogens (primary N) is 1. The lowest BCUT2D eigenvalue weighted by molar-refractivity contribution is 0.0531. The summed E-state index contributed by atoms with van der Waals surface area (Å²) in [5.74, 6) is 5.19. The topological polar surface area (TPSA) is 67.6 Å². The first-order valence-corrected chi connectivity index (χ1v) is 6.78. The average molecular weight is 291 g/mol. The van der Waals surface area contributed by atoms with Gasteiger partial charge < -0.3 is 20.7 Å². The number of hydrogen-bond donors (Lipinski definition) is 2. The van der Waals surface area contributed by atoms with Gasteiger partial charge in [0.05, 0.1) is 19.8 Å². The second-order valence-corrected chi connectivity index (χ2v) is 4.57. The zero-order valence-electron chi connectivity index (χ0n) is 11.7. The Bertz CT molecular complexity index is 560. The van der Waals surface area contributed by atoms with Crippen molar-refractivity contribution in [1.82, 2.24) is 10.2 Å². The van der Waals surface area contributed by atoms with Gasteiger partial charge in [0.2, 0.25) is 0 Å². The molecular weight excluding hydrogens is 273 g/mol. The molecule has 112 valence electrons. The van der Waals surface area contributed by atoms with E-state index in [0.717, 1.165) is 0 Å². The Balaban J connectivity index is 1.96. The highest BCUT2D eigenvalue weighted by molar-refractivity contribution is 5.74. The number of ether oxygens (including phenoxy) is 1. The van der Waals surface area contributed by atoms with Gasteiger partial charge in [0, 0.05) is 30.8 Å². The highest BCUT2D eigenvalue weighted by Gasteiger charge is 2.16. The largest absolute Gasteiger partial charge is 0.378 e. The first-order valence-electron chi connectivity index (χ1n) is 6.78. The monoisotopic (exact) mass is 291 g/mol. The van der Waals surface area contributed by atoms with E-state index in [4.69, 9.17) is 10.5 Å². The number of benzene rings is 1. The third-order valence-electron chi connectivity index (χ3n) is 3.11. The van der Waals surface area contributed by atoms with Gasteiger partial charge >= 0.3 is 6.03 Å². The molecular formula is C15H18FN3O2. The molecule has 1 saturated heterocycles. The fourth-order valence-electron chi connectivity index (χ4n) is 1.99. The third-order valence-corrected chi connectivity index (χ3v) is 3.11. The van der Waals surface area contributed by atoms with Gasteiger partial charge in [-0.2, -0.15) is 0 Å². The smallest absolute Gasteiger partial charge is 0.317 e. The van der Waals surface area contributed by atoms with Crippen molar-refractivity contribution in [2.24, 2.45) is 5.73 Å². The molecule has 2 amide bonds. The van der Waals surface area contributed by atoms with Gasteiger partial charge in [-0.3, -0.25) is 0 Å². The Hall–Kier alpha value is -2.10. The fraction of sp³-hybridized carbons (Fsp3) is 0.400. The maximum atomic E-state index is 13.7. The molecule has 5 nitrogen and oxygen atoms in total. The van der Waals surface area contributed by atoms with Crippen LogP contribution in [0.25, 0.3) is 0 Å². The van der Waals surface area contributed by atoms with E-state index in [0.29, 0.717) is 37.4 Å². The Kier molecular flexibility index (Phi) is 5.55. The van der Waals surface area contributed by atoms with Crippen LogP contribution in [0, 0.1) is 17.7 Å². The van der Waals surface area contributed by atoms with Crippen LogP contribution in [0.2, 0.25) is 0 Å². The van der Waals surface area contributed by atoms with Crippen molar-refractivity contribution in [3.63, 3.8) is 0 Å². The van der Waals surface area contributed by atoms with E-state index in [1.807, 2.05) is 0 Å². The Labute approximate surface area is 123 Å². The number of morpholine rings is 1. The van der Waals surface area contributed by atoms with E-state index in [1.165, 1.54) is 6.07 Å². The number of hydrogen-bond acceptors (Lipinski definition) is 3. The molecule has 1 aromatic carbocycles. The van der Waals surface area contributed by atoms with Crippen LogP contribution in [-0.4, -0.2) is 43.8 Å². The number of carbonyl (C=O) groups is 1. The predicted octanol–water partition coefficient (Wildman–Crippen LogP) is 0.678. The van der Waals surface area contributed by atoms with Crippen molar-refractivity contribution < 1.29 is 13.9 Å². The molecule has 1 fully saturated rings. The van der Waals surface area contributed by atoms with E-state index >= 15 is 0 Å². The van der Waals surface area contributed by atoms with Crippen LogP contribution in [0.4, 0.5) is 9.18 Å². The molecule has 2 rings (SSSR count). The fourth-order valence-corrected chi connectivity index (χ4v) is 1.99. The first kappa shape index (κ1) is 15.3. The van der Waals surface area contributed by atoms with Crippen molar-refractivity contribution >= 4 is 6.03 Å². The van der Waals surface area contributed by atoms with Crippen LogP contribution in [0.1, 0.15) is 11.1 Å². The van der Waals surface area contributed by atoms with E-state index in [2.05, 4.69) is 17.2 Å². The highest BCUT2D eigenvalue weighted by Crippen LogP contribution is 2.10. The molecule has 0 unspecified atom stereocenters. The van der Waals surface area contributed by atoms with E-state index in [1.54, 1.807) is 17.0 Å². The van der Waals surface area contributed by atoms with Crippen LogP contribution in [0.15, 0.2) is 18.2 Å². The van der Waals surface area contributed by atoms with Crippen molar-refractivity contribution in [3.05, 3.63) is 35.1 Å². The van der Waals surface area contributed by atoms with E-state index < -0.39 is 0 Å². The summed E-state index contributed by atoms with van der Waals surface area (Å²) < 4.78 is 18.9. The summed E-state index contributed by atoms with van der Waals surface area (Å²) in [6.07, 6.45) is 0. The standard InChI is InChI=1S/C15H18FN3O2/c16-14-4-3-12(2-1-5-17)10-13(14)11-18-15(20)19-6-8-21-9-7-19/h3-4,10H,5-9,11,17H2,(H,18,20). The number of urea groups is 1. The number of nitrogens with one attached hydrogen (secondary N) is 1. The van der Waals surface area contributed by atoms with Crippen LogP contribution in [0.3, 0.4) is 0 Å². The summed E-state index contributed by atoms with van der Waals surface area (Å²) in [5, 5.41) is 2.71. The van der Waals surface area contributed by atoms with Crippen molar-refractivity contribution in [2.75, 3.05) is 32.8 Å². The molecule has 0 radical (unpaired) electrons. The lowest BCUT2D eigenvalue weighted by atomic mass is 10.1. The normalized spacial score (nSPS) is 14.3. The molecule has 0 aromatic heterocycles. The first-order chi connectivity index (χ1) is 10.2. The number of nitrogens with zero attached hydrogens (tertiary/aromatic N) is 1. The number of rotatable bonds is 2. The van der Waals surface area contributed by atoms with E-state index in [9.17, 15) is 9.18 Å². The minimum atomic E-state index is -0.365. The molecule has 0 aliphatic carbocycles. The van der Waals surface area contributed by atoms with E-state index in [-0.39, 0.29) is 24.9 Å². The quantitative estimate of drug-likeness (QED) is 0.787. The lowest BCUT2D eigenvalue weighted by Gasteiger charge is -2.27. The molecule has 1 aliphatic heterocycles. The van der Waals surface area contributed by atoms with Crippen molar-refractivity contribution in [3.8, 4) is 11.8 Å². The van der Waals surface area contributed by atoms with Crippen molar-refractivity contribution in [2.45, 2.75) is 6.54 Å². The molecule has 0 saturated carbocycles. The van der Waals surface area contributed by atoms with Gasteiger partial charge in [0.1, 0.15) is 5.82 Å². The van der Waals surface area contributed by atoms with Crippen LogP contribution >= 0.6 is 0 Å². The summed E-state index contributed by atoms with van der Waals surface area (Å²) in [7, 11) is 0. The molecule has 0 bridgehead atoms. The predicted molar refractivity (Wildman–Crippen MR) is 77.0 cm³/mol. The molecule has 3 N–H and O–H groups in total. The Morgan fingerprint density at radius 2 is 2.19 bits per heavy atom. The average Bonchev–Trinajstić information content (AvgIpc) is 2.53. The Morgan fingerprint density at radius 3 is 2.90 bits per heavy atom. The number of carbonyl (C=O) groups excluding carboxylic acids is 1. The molecule has 21 heavy (non-hydrogen) atoms. The minimum Gasteiger partial charge on any atom is -0.378 e. The van der Waals surface area contributed by atoms with Gasteiger partial charge in [-0.1, -0.05) is 11.8 Å². The minimum absolute atomic E-state index is 0.125. The number of amides is 2. The zero-order valence-corrected chi connectivity index (χ0v) is 11.7. The maximum Gasteiger partial charge on any atom is 0.317 e. The van der Waals surface area contributed by atoms with Crippen LogP contribution < -0.4 is 11.1 Å². The van der Waals surface area contributed by atoms with Gasteiger partial charge in [-0.15, -0.1) is 0 Å². The second-order valence-electron chi connectivity index (χ2n) is 4.57. The molecule has 1 aliphatic rings. The maximum absolute atomic E-state index is 13.7. The SMILES string of the molecule is NCC#Cc1ccc(F)c(CNC(=O)N2CCOCC2)c1. The molecule has 0 spiro atoms. The second kappa shape index (κ2) is 7.62. The van der Waals surface area contributed by atoms with Crippen molar-refractivity contribution in [1.29, 1.82) is 0 Å². The number of halogens is 1.